The molecule has 2 amide bonds. The minimum absolute atomic E-state index is 0.128. The van der Waals surface area contributed by atoms with Gasteiger partial charge >= 0.3 is 0 Å². The fraction of sp³-hybridized carbons (Fsp3) is 0.0588. The largest absolute Gasteiger partial charge is 0.411 e. The Morgan fingerprint density at radius 1 is 0.875 bits per heavy atom. The van der Waals surface area contributed by atoms with E-state index >= 15 is 0 Å². The van der Waals surface area contributed by atoms with Gasteiger partial charge in [0.25, 0.3) is 17.0 Å². The van der Waals surface area contributed by atoms with Gasteiger partial charge in [-0.3, -0.25) is 14.5 Å². The molecular weight excluding hydrogens is 326 g/mol. The van der Waals surface area contributed by atoms with Gasteiger partial charge in [0, 0.05) is 5.56 Å². The van der Waals surface area contributed by atoms with Gasteiger partial charge in [-0.05, 0) is 36.0 Å². The quantitative estimate of drug-likeness (QED) is 0.538. The maximum Gasteiger partial charge on any atom is 0.278 e. The van der Waals surface area contributed by atoms with Crippen molar-refractivity contribution in [3.63, 3.8) is 0 Å². The highest BCUT2D eigenvalue weighted by Gasteiger charge is 2.35. The van der Waals surface area contributed by atoms with Crippen LogP contribution in [0.15, 0.2) is 64.2 Å². The summed E-state index contributed by atoms with van der Waals surface area (Å²) in [6.45, 7) is 0. The predicted molar refractivity (Wildman–Crippen MR) is 87.4 cm³/mol. The zero-order chi connectivity index (χ0) is 16.5. The molecule has 2 heterocycles. The number of thioether (sulfide) groups is 1. The molecule has 0 radical (unpaired) electrons. The molecule has 4 rings (SSSR count). The zero-order valence-electron chi connectivity index (χ0n) is 12.4. The predicted octanol–water partition coefficient (Wildman–Crippen LogP) is 3.08. The van der Waals surface area contributed by atoms with E-state index in [0.717, 1.165) is 17.3 Å². The normalized spacial score (nSPS) is 13.4. The van der Waals surface area contributed by atoms with Crippen LogP contribution < -0.4 is 0 Å². The number of nitrogens with zero attached hydrogens (tertiary/aromatic N) is 3. The van der Waals surface area contributed by atoms with Crippen LogP contribution in [0.4, 0.5) is 0 Å². The molecule has 0 saturated carbocycles. The summed E-state index contributed by atoms with van der Waals surface area (Å²) in [6, 6.07) is 16.2. The Labute approximate surface area is 141 Å². The lowest BCUT2D eigenvalue weighted by molar-refractivity contribution is 0.0684. The second kappa shape index (κ2) is 5.93. The third kappa shape index (κ3) is 2.48. The van der Waals surface area contributed by atoms with Crippen molar-refractivity contribution in [3.8, 4) is 11.5 Å². The molecule has 1 aromatic heterocycles. The van der Waals surface area contributed by atoms with Crippen LogP contribution in [-0.4, -0.2) is 32.8 Å². The average molecular weight is 337 g/mol. The molecule has 0 spiro atoms. The molecule has 0 unspecified atom stereocenters. The third-order valence-electron chi connectivity index (χ3n) is 3.62. The smallest absolute Gasteiger partial charge is 0.278 e. The lowest BCUT2D eigenvalue weighted by Crippen LogP contribution is -2.29. The number of imide groups is 1. The van der Waals surface area contributed by atoms with Crippen molar-refractivity contribution in [1.29, 1.82) is 0 Å². The molecule has 118 valence electrons. The monoisotopic (exact) mass is 337 g/mol. The average Bonchev–Trinajstić information content (AvgIpc) is 3.19. The van der Waals surface area contributed by atoms with E-state index in [-0.39, 0.29) is 17.7 Å². The summed E-state index contributed by atoms with van der Waals surface area (Å²) in [5.41, 5.74) is 1.68. The number of rotatable bonds is 4. The Kier molecular flexibility index (Phi) is 3.62. The highest BCUT2D eigenvalue weighted by Crippen LogP contribution is 2.28. The van der Waals surface area contributed by atoms with E-state index in [9.17, 15) is 9.59 Å². The van der Waals surface area contributed by atoms with E-state index in [4.69, 9.17) is 4.42 Å². The van der Waals surface area contributed by atoms with Crippen LogP contribution in [0.5, 0.6) is 0 Å². The lowest BCUT2D eigenvalue weighted by Gasteiger charge is -2.11. The van der Waals surface area contributed by atoms with Crippen molar-refractivity contribution in [2.24, 2.45) is 0 Å². The molecule has 0 bridgehead atoms. The van der Waals surface area contributed by atoms with Crippen LogP contribution in [0.2, 0.25) is 0 Å². The first-order valence-electron chi connectivity index (χ1n) is 7.21. The Balaban J connectivity index is 1.48. The minimum Gasteiger partial charge on any atom is -0.411 e. The Hall–Kier alpha value is -2.93. The second-order valence-corrected chi connectivity index (χ2v) is 5.99. The van der Waals surface area contributed by atoms with Gasteiger partial charge < -0.3 is 4.42 Å². The van der Waals surface area contributed by atoms with E-state index in [1.54, 1.807) is 24.3 Å². The molecule has 1 aliphatic heterocycles. The molecule has 24 heavy (non-hydrogen) atoms. The van der Waals surface area contributed by atoms with Crippen molar-refractivity contribution in [3.05, 3.63) is 65.7 Å². The van der Waals surface area contributed by atoms with Gasteiger partial charge in [0.15, 0.2) is 0 Å². The van der Waals surface area contributed by atoms with Gasteiger partial charge in [0.05, 0.1) is 17.0 Å². The first-order valence-corrected chi connectivity index (χ1v) is 8.19. The zero-order valence-corrected chi connectivity index (χ0v) is 13.2. The van der Waals surface area contributed by atoms with Gasteiger partial charge in [-0.1, -0.05) is 30.3 Å². The van der Waals surface area contributed by atoms with Crippen LogP contribution in [-0.2, 0) is 0 Å². The minimum atomic E-state index is -0.300. The van der Waals surface area contributed by atoms with E-state index in [0.29, 0.717) is 22.2 Å². The van der Waals surface area contributed by atoms with E-state index in [2.05, 4.69) is 10.2 Å². The van der Waals surface area contributed by atoms with E-state index in [1.165, 1.54) is 4.90 Å². The van der Waals surface area contributed by atoms with Crippen molar-refractivity contribution in [1.82, 2.24) is 15.1 Å². The molecule has 0 N–H and O–H groups in total. The fourth-order valence-corrected chi connectivity index (χ4v) is 3.15. The number of amides is 2. The van der Waals surface area contributed by atoms with Gasteiger partial charge in [0.2, 0.25) is 5.89 Å². The molecule has 0 aliphatic carbocycles. The van der Waals surface area contributed by atoms with Crippen molar-refractivity contribution in [2.75, 3.05) is 5.88 Å². The van der Waals surface area contributed by atoms with Gasteiger partial charge in [-0.15, -0.1) is 10.2 Å². The van der Waals surface area contributed by atoms with E-state index in [1.807, 2.05) is 30.3 Å². The summed E-state index contributed by atoms with van der Waals surface area (Å²) in [6.07, 6.45) is 0. The topological polar surface area (TPSA) is 76.3 Å². The Morgan fingerprint density at radius 2 is 1.50 bits per heavy atom. The highest BCUT2D eigenvalue weighted by molar-refractivity contribution is 7.99. The summed E-state index contributed by atoms with van der Waals surface area (Å²) in [5, 5.41) is 8.24. The summed E-state index contributed by atoms with van der Waals surface area (Å²) < 4.78 is 5.57. The number of hydrogen-bond acceptors (Lipinski definition) is 6. The number of hydrogen-bond donors (Lipinski definition) is 0. The first kappa shape index (κ1) is 14.6. The molecule has 0 fully saturated rings. The molecule has 6 nitrogen and oxygen atoms in total. The fourth-order valence-electron chi connectivity index (χ4n) is 2.44. The van der Waals surface area contributed by atoms with Crippen LogP contribution in [0.25, 0.3) is 11.5 Å². The van der Waals surface area contributed by atoms with Crippen LogP contribution in [0.1, 0.15) is 20.7 Å². The lowest BCUT2D eigenvalue weighted by atomic mass is 10.1. The molecule has 3 aromatic rings. The third-order valence-corrected chi connectivity index (χ3v) is 4.42. The number of fused-ring (bicyclic) bond motifs is 1. The molecule has 1 aliphatic rings. The first-order chi connectivity index (χ1) is 11.7. The molecular formula is C17H11N3O3S. The number of benzene rings is 2. The number of carbonyl (C=O) groups is 2. The maximum absolute atomic E-state index is 12.3. The maximum atomic E-state index is 12.3. The summed E-state index contributed by atoms with van der Waals surface area (Å²) in [7, 11) is 0. The van der Waals surface area contributed by atoms with Crippen molar-refractivity contribution < 1.29 is 14.0 Å². The number of aromatic nitrogens is 2. The Morgan fingerprint density at radius 3 is 2.17 bits per heavy atom. The van der Waals surface area contributed by atoms with Gasteiger partial charge in [-0.25, -0.2) is 0 Å². The van der Waals surface area contributed by atoms with Gasteiger partial charge in [-0.2, -0.15) is 0 Å². The standard InChI is InChI=1S/C17H11N3O3S/c21-15-12-8-4-5-9-13(12)16(22)20(15)10-24-17-19-18-14(23-17)11-6-2-1-3-7-11/h1-9H,10H2. The van der Waals surface area contributed by atoms with Crippen molar-refractivity contribution in [2.45, 2.75) is 5.22 Å². The summed E-state index contributed by atoms with van der Waals surface area (Å²) >= 11 is 1.16. The summed E-state index contributed by atoms with van der Waals surface area (Å²) in [5.74, 6) is -0.0692. The molecule has 0 saturated heterocycles. The number of carbonyl (C=O) groups excluding carboxylic acids is 2. The SMILES string of the molecule is O=C1c2ccccc2C(=O)N1CSc1nnc(-c2ccccc2)o1. The van der Waals surface area contributed by atoms with Crippen molar-refractivity contribution >= 4 is 23.6 Å². The second-order valence-electron chi connectivity index (χ2n) is 5.10. The van der Waals surface area contributed by atoms with Crippen LogP contribution in [0, 0.1) is 0 Å². The summed E-state index contributed by atoms with van der Waals surface area (Å²) in [4.78, 5) is 25.7. The Bertz CT molecular complexity index is 889. The van der Waals surface area contributed by atoms with E-state index < -0.39 is 0 Å². The molecule has 2 aromatic carbocycles. The molecule has 0 atom stereocenters. The van der Waals surface area contributed by atoms with Crippen LogP contribution in [0.3, 0.4) is 0 Å². The van der Waals surface area contributed by atoms with Crippen LogP contribution >= 0.6 is 11.8 Å². The molecule has 7 heteroatoms. The van der Waals surface area contributed by atoms with Gasteiger partial charge in [0.1, 0.15) is 0 Å². The highest BCUT2D eigenvalue weighted by atomic mass is 32.2.